The van der Waals surface area contributed by atoms with Crippen LogP contribution in [0, 0.1) is 5.92 Å². The minimum absolute atomic E-state index is 0.0179. The van der Waals surface area contributed by atoms with Crippen molar-refractivity contribution >= 4 is 29.1 Å². The molecule has 3 N–H and O–H groups in total. The Morgan fingerprint density at radius 2 is 2.29 bits per heavy atom. The summed E-state index contributed by atoms with van der Waals surface area (Å²) in [5.41, 5.74) is 6.34. The van der Waals surface area contributed by atoms with E-state index < -0.39 is 0 Å². The van der Waals surface area contributed by atoms with Crippen LogP contribution in [0.4, 0.5) is 0 Å². The largest absolute Gasteiger partial charge is 0.355 e. The van der Waals surface area contributed by atoms with Gasteiger partial charge in [0.05, 0.1) is 5.92 Å². The molecule has 0 aromatic carbocycles. The van der Waals surface area contributed by atoms with Gasteiger partial charge in [-0.15, -0.1) is 0 Å². The van der Waals surface area contributed by atoms with Gasteiger partial charge in [0.25, 0.3) is 0 Å². The number of halogens is 2. The number of nitrogens with zero attached hydrogens (tertiary/aromatic N) is 2. The quantitative estimate of drug-likeness (QED) is 0.806. The van der Waals surface area contributed by atoms with Gasteiger partial charge in [-0.2, -0.15) is 0 Å². The lowest BCUT2D eigenvalue weighted by molar-refractivity contribution is -0.126. The number of hydrogen-bond acceptors (Lipinski definition) is 4. The highest BCUT2D eigenvalue weighted by atomic mass is 35.5. The Morgan fingerprint density at radius 1 is 1.48 bits per heavy atom. The van der Waals surface area contributed by atoms with E-state index in [0.29, 0.717) is 29.9 Å². The van der Waals surface area contributed by atoms with Crippen LogP contribution in [0.5, 0.6) is 0 Å². The van der Waals surface area contributed by atoms with Crippen LogP contribution in [0.15, 0.2) is 12.1 Å². The molecule has 1 atom stereocenters. The molecule has 1 amide bonds. The molecule has 0 aliphatic carbocycles. The Bertz CT molecular complexity index is 498. The Hall–Kier alpha value is -0.880. The third-order valence-electron chi connectivity index (χ3n) is 3.61. The van der Waals surface area contributed by atoms with Gasteiger partial charge in [0, 0.05) is 31.7 Å². The van der Waals surface area contributed by atoms with Crippen LogP contribution in [-0.2, 0) is 11.3 Å². The number of carbonyl (C=O) groups is 1. The van der Waals surface area contributed by atoms with Crippen molar-refractivity contribution in [1.29, 1.82) is 0 Å². The first-order chi connectivity index (χ1) is 10.1. The van der Waals surface area contributed by atoms with Gasteiger partial charge in [-0.25, -0.2) is 4.98 Å². The van der Waals surface area contributed by atoms with Gasteiger partial charge in [-0.3, -0.25) is 9.69 Å². The van der Waals surface area contributed by atoms with Crippen molar-refractivity contribution in [3.8, 4) is 0 Å². The standard InChI is InChI=1S/C14H20Cl2N4O/c15-12-4-3-10(13(16)19-12)8-20-7-1-2-11(9-20)14(21)18-6-5-17/h3-4,11H,1-2,5-9,17H2,(H,18,21). The number of piperidine rings is 1. The fourth-order valence-electron chi connectivity index (χ4n) is 2.55. The Morgan fingerprint density at radius 3 is 3.00 bits per heavy atom. The summed E-state index contributed by atoms with van der Waals surface area (Å²) in [5.74, 6) is 0.106. The van der Waals surface area contributed by atoms with E-state index in [9.17, 15) is 4.79 Å². The van der Waals surface area contributed by atoms with Crippen LogP contribution in [0.2, 0.25) is 10.3 Å². The van der Waals surface area contributed by atoms with Gasteiger partial charge in [-0.1, -0.05) is 29.3 Å². The topological polar surface area (TPSA) is 71.2 Å². The maximum atomic E-state index is 12.0. The first-order valence-electron chi connectivity index (χ1n) is 7.11. The second-order valence-corrected chi connectivity index (χ2v) is 5.98. The molecule has 1 saturated heterocycles. The molecule has 1 unspecified atom stereocenters. The lowest BCUT2D eigenvalue weighted by Gasteiger charge is -2.32. The smallest absolute Gasteiger partial charge is 0.224 e. The number of pyridine rings is 1. The van der Waals surface area contributed by atoms with Crippen LogP contribution in [0.25, 0.3) is 0 Å². The first kappa shape index (κ1) is 16.5. The molecule has 5 nitrogen and oxygen atoms in total. The molecule has 0 radical (unpaired) electrons. The van der Waals surface area contributed by atoms with Crippen molar-refractivity contribution in [3.63, 3.8) is 0 Å². The Balaban J connectivity index is 1.93. The predicted molar refractivity (Wildman–Crippen MR) is 84.3 cm³/mol. The van der Waals surface area contributed by atoms with Crippen molar-refractivity contribution in [3.05, 3.63) is 28.0 Å². The highest BCUT2D eigenvalue weighted by Crippen LogP contribution is 2.22. The van der Waals surface area contributed by atoms with Gasteiger partial charge in [0.2, 0.25) is 5.91 Å². The molecule has 1 aliphatic heterocycles. The summed E-state index contributed by atoms with van der Waals surface area (Å²) >= 11 is 11.9. The summed E-state index contributed by atoms with van der Waals surface area (Å²) in [6.45, 7) is 3.37. The van der Waals surface area contributed by atoms with Crippen molar-refractivity contribution in [2.75, 3.05) is 26.2 Å². The summed E-state index contributed by atoms with van der Waals surface area (Å²) in [4.78, 5) is 18.3. The number of carbonyl (C=O) groups excluding carboxylic acids is 1. The lowest BCUT2D eigenvalue weighted by Crippen LogP contribution is -2.43. The molecule has 1 aromatic rings. The van der Waals surface area contributed by atoms with Crippen molar-refractivity contribution in [2.45, 2.75) is 19.4 Å². The van der Waals surface area contributed by atoms with E-state index in [-0.39, 0.29) is 11.8 Å². The summed E-state index contributed by atoms with van der Waals surface area (Å²) in [5, 5.41) is 3.68. The molecular formula is C14H20Cl2N4O. The zero-order valence-electron chi connectivity index (χ0n) is 11.8. The second-order valence-electron chi connectivity index (χ2n) is 5.24. The molecule has 2 heterocycles. The third kappa shape index (κ3) is 4.81. The van der Waals surface area contributed by atoms with Crippen LogP contribution < -0.4 is 11.1 Å². The van der Waals surface area contributed by atoms with Crippen molar-refractivity contribution in [1.82, 2.24) is 15.2 Å². The average Bonchev–Trinajstić information content (AvgIpc) is 2.48. The lowest BCUT2D eigenvalue weighted by atomic mass is 9.97. The third-order valence-corrected chi connectivity index (χ3v) is 4.14. The van der Waals surface area contributed by atoms with Crippen LogP contribution in [-0.4, -0.2) is 42.0 Å². The molecule has 0 saturated carbocycles. The molecule has 1 aromatic heterocycles. The second kappa shape index (κ2) is 7.94. The van der Waals surface area contributed by atoms with E-state index in [4.69, 9.17) is 28.9 Å². The summed E-state index contributed by atoms with van der Waals surface area (Å²) in [7, 11) is 0. The highest BCUT2D eigenvalue weighted by molar-refractivity contribution is 6.32. The number of nitrogens with two attached hydrogens (primary N) is 1. The maximum Gasteiger partial charge on any atom is 0.224 e. The molecular weight excluding hydrogens is 311 g/mol. The van der Waals surface area contributed by atoms with E-state index in [1.165, 1.54) is 0 Å². The summed E-state index contributed by atoms with van der Waals surface area (Å²) < 4.78 is 0. The fourth-order valence-corrected chi connectivity index (χ4v) is 2.96. The molecule has 1 fully saturated rings. The minimum Gasteiger partial charge on any atom is -0.355 e. The summed E-state index contributed by atoms with van der Waals surface area (Å²) in [6, 6.07) is 3.62. The fraction of sp³-hybridized carbons (Fsp3) is 0.571. The number of hydrogen-bond donors (Lipinski definition) is 2. The Labute approximate surface area is 134 Å². The van der Waals surface area contributed by atoms with Crippen molar-refractivity contribution in [2.24, 2.45) is 11.7 Å². The maximum absolute atomic E-state index is 12.0. The monoisotopic (exact) mass is 330 g/mol. The number of rotatable bonds is 5. The van der Waals surface area contributed by atoms with Gasteiger partial charge < -0.3 is 11.1 Å². The predicted octanol–water partition coefficient (Wildman–Crippen LogP) is 1.68. The Kier molecular flexibility index (Phi) is 6.23. The van der Waals surface area contributed by atoms with Gasteiger partial charge in [-0.05, 0) is 25.5 Å². The van der Waals surface area contributed by atoms with Gasteiger partial charge in [0.15, 0.2) is 0 Å². The normalized spacial score (nSPS) is 19.5. The van der Waals surface area contributed by atoms with Crippen LogP contribution in [0.3, 0.4) is 0 Å². The summed E-state index contributed by atoms with van der Waals surface area (Å²) in [6.07, 6.45) is 1.92. The van der Waals surface area contributed by atoms with Crippen LogP contribution >= 0.6 is 23.2 Å². The van der Waals surface area contributed by atoms with Gasteiger partial charge >= 0.3 is 0 Å². The van der Waals surface area contributed by atoms with E-state index >= 15 is 0 Å². The SMILES string of the molecule is NCCNC(=O)C1CCCN(Cc2ccc(Cl)nc2Cl)C1. The number of likely N-dealkylation sites (tertiary alicyclic amines) is 1. The van der Waals surface area contributed by atoms with E-state index in [1.54, 1.807) is 6.07 Å². The molecule has 116 valence electrons. The number of amides is 1. The van der Waals surface area contributed by atoms with Crippen LogP contribution in [0.1, 0.15) is 18.4 Å². The molecule has 0 bridgehead atoms. The van der Waals surface area contributed by atoms with E-state index in [0.717, 1.165) is 31.5 Å². The molecule has 7 heteroatoms. The number of nitrogens with one attached hydrogen (secondary N) is 1. The molecule has 21 heavy (non-hydrogen) atoms. The molecule has 2 rings (SSSR count). The molecule has 1 aliphatic rings. The first-order valence-corrected chi connectivity index (χ1v) is 7.87. The zero-order chi connectivity index (χ0) is 15.2. The number of aromatic nitrogens is 1. The molecule has 0 spiro atoms. The highest BCUT2D eigenvalue weighted by Gasteiger charge is 2.25. The minimum atomic E-state index is 0.0179. The average molecular weight is 331 g/mol. The van der Waals surface area contributed by atoms with E-state index in [2.05, 4.69) is 15.2 Å². The van der Waals surface area contributed by atoms with Gasteiger partial charge in [0.1, 0.15) is 10.3 Å². The zero-order valence-corrected chi connectivity index (χ0v) is 13.3. The van der Waals surface area contributed by atoms with Crippen molar-refractivity contribution < 1.29 is 4.79 Å². The van der Waals surface area contributed by atoms with E-state index in [1.807, 2.05) is 6.07 Å².